The summed E-state index contributed by atoms with van der Waals surface area (Å²) >= 11 is 0. The van der Waals surface area contributed by atoms with Crippen molar-refractivity contribution in [2.24, 2.45) is 0 Å². The molecule has 0 aliphatic carbocycles. The van der Waals surface area contributed by atoms with E-state index in [1.54, 1.807) is 38.0 Å². The third-order valence-corrected chi connectivity index (χ3v) is 3.81. The van der Waals surface area contributed by atoms with Gasteiger partial charge in [-0.3, -0.25) is 9.48 Å². The molecule has 0 aliphatic rings. The van der Waals surface area contributed by atoms with Gasteiger partial charge in [0, 0.05) is 18.2 Å². The number of nitrogens with one attached hydrogen (secondary N) is 2. The summed E-state index contributed by atoms with van der Waals surface area (Å²) < 4.78 is 6.84. The molecule has 8 heteroatoms. The number of aromatic nitrogens is 2. The maximum Gasteiger partial charge on any atom is 0.319 e. The van der Waals surface area contributed by atoms with E-state index in [0.717, 1.165) is 11.3 Å². The summed E-state index contributed by atoms with van der Waals surface area (Å²) in [6, 6.07) is 7.26. The third-order valence-electron chi connectivity index (χ3n) is 3.81. The molecule has 2 amide bonds. The fourth-order valence-electron chi connectivity index (χ4n) is 2.38. The van der Waals surface area contributed by atoms with Crippen molar-refractivity contribution in [2.45, 2.75) is 38.8 Å². The minimum atomic E-state index is -0.889. The molecule has 0 unspecified atom stereocenters. The normalized spacial score (nSPS) is 11.0. The second-order valence-corrected chi connectivity index (χ2v) is 6.63. The van der Waals surface area contributed by atoms with Gasteiger partial charge in [0.25, 0.3) is 0 Å². The average Bonchev–Trinajstić information content (AvgIpc) is 3.00. The number of urea groups is 1. The number of carboxylic acid groups (broad SMARTS) is 1. The Morgan fingerprint density at radius 2 is 1.96 bits per heavy atom. The maximum absolute atomic E-state index is 12.1. The van der Waals surface area contributed by atoms with Gasteiger partial charge < -0.3 is 20.5 Å². The Morgan fingerprint density at radius 1 is 1.27 bits per heavy atom. The number of amides is 2. The van der Waals surface area contributed by atoms with Crippen molar-refractivity contribution in [3.05, 3.63) is 42.2 Å². The van der Waals surface area contributed by atoms with Gasteiger partial charge in [-0.25, -0.2) is 4.79 Å². The predicted octanol–water partition coefficient (Wildman–Crippen LogP) is 2.70. The number of rotatable bonds is 8. The number of nitrogens with zero attached hydrogens (tertiary/aromatic N) is 2. The Kier molecular flexibility index (Phi) is 6.21. The molecule has 3 N–H and O–H groups in total. The first-order valence-corrected chi connectivity index (χ1v) is 8.24. The summed E-state index contributed by atoms with van der Waals surface area (Å²) in [5.41, 5.74) is 0.992. The van der Waals surface area contributed by atoms with Crippen molar-refractivity contribution in [3.63, 3.8) is 0 Å². The van der Waals surface area contributed by atoms with Gasteiger partial charge >= 0.3 is 12.0 Å². The molecule has 26 heavy (non-hydrogen) atoms. The van der Waals surface area contributed by atoms with E-state index >= 15 is 0 Å². The zero-order valence-corrected chi connectivity index (χ0v) is 15.2. The molecular weight excluding hydrogens is 336 g/mol. The van der Waals surface area contributed by atoms with Crippen LogP contribution in [0.3, 0.4) is 0 Å². The summed E-state index contributed by atoms with van der Waals surface area (Å²) in [4.78, 5) is 22.8. The first kappa shape index (κ1) is 19.3. The summed E-state index contributed by atoms with van der Waals surface area (Å²) in [5, 5.41) is 18.5. The standard InChI is InChI=1S/C18H24N4O4/c1-18(2,9-8-16(23)24)21-17(25)20-14-10-19-22(12-14)11-13-4-6-15(26-3)7-5-13/h4-7,10,12H,8-9,11H2,1-3H3,(H,23,24)(H2,20,21,25). The highest BCUT2D eigenvalue weighted by Crippen LogP contribution is 2.14. The number of hydrogen-bond acceptors (Lipinski definition) is 4. The van der Waals surface area contributed by atoms with E-state index in [1.807, 2.05) is 24.3 Å². The minimum Gasteiger partial charge on any atom is -0.497 e. The molecule has 0 saturated heterocycles. The molecule has 2 rings (SSSR count). The van der Waals surface area contributed by atoms with Gasteiger partial charge in [0.1, 0.15) is 5.75 Å². The summed E-state index contributed by atoms with van der Waals surface area (Å²) in [6.45, 7) is 4.13. The number of hydrogen-bond donors (Lipinski definition) is 3. The fourth-order valence-corrected chi connectivity index (χ4v) is 2.38. The van der Waals surface area contributed by atoms with Crippen molar-refractivity contribution >= 4 is 17.7 Å². The molecule has 0 aliphatic heterocycles. The second kappa shape index (κ2) is 8.37. The number of carbonyl (C=O) groups excluding carboxylic acids is 1. The van der Waals surface area contributed by atoms with Gasteiger partial charge in [-0.1, -0.05) is 12.1 Å². The van der Waals surface area contributed by atoms with E-state index in [1.165, 1.54) is 0 Å². The van der Waals surface area contributed by atoms with Crippen molar-refractivity contribution < 1.29 is 19.4 Å². The topological polar surface area (TPSA) is 105 Å². The van der Waals surface area contributed by atoms with E-state index in [4.69, 9.17) is 9.84 Å². The van der Waals surface area contributed by atoms with Crippen LogP contribution in [0.25, 0.3) is 0 Å². The number of methoxy groups -OCH3 is 1. The molecule has 2 aromatic rings. The van der Waals surface area contributed by atoms with Gasteiger partial charge in [-0.15, -0.1) is 0 Å². The molecule has 0 bridgehead atoms. The third kappa shape index (κ3) is 6.12. The molecule has 0 spiro atoms. The van der Waals surface area contributed by atoms with E-state index in [9.17, 15) is 9.59 Å². The molecular formula is C18H24N4O4. The Bertz CT molecular complexity index is 753. The van der Waals surface area contributed by atoms with Crippen LogP contribution in [0.2, 0.25) is 0 Å². The quantitative estimate of drug-likeness (QED) is 0.671. The largest absolute Gasteiger partial charge is 0.497 e. The van der Waals surface area contributed by atoms with Crippen LogP contribution in [0.1, 0.15) is 32.3 Å². The summed E-state index contributed by atoms with van der Waals surface area (Å²) in [5.74, 6) is -0.0983. The van der Waals surface area contributed by atoms with Gasteiger partial charge in [0.2, 0.25) is 0 Å². The SMILES string of the molecule is COc1ccc(Cn2cc(NC(=O)NC(C)(C)CCC(=O)O)cn2)cc1. The molecule has 1 aromatic heterocycles. The van der Waals surface area contributed by atoms with Gasteiger partial charge in [0.15, 0.2) is 0 Å². The van der Waals surface area contributed by atoms with Crippen LogP contribution in [-0.4, -0.2) is 39.5 Å². The number of carbonyl (C=O) groups is 2. The van der Waals surface area contributed by atoms with E-state index in [-0.39, 0.29) is 6.42 Å². The van der Waals surface area contributed by atoms with Crippen molar-refractivity contribution in [1.82, 2.24) is 15.1 Å². The van der Waals surface area contributed by atoms with Crippen LogP contribution in [0.5, 0.6) is 5.75 Å². The molecule has 0 saturated carbocycles. The van der Waals surface area contributed by atoms with Gasteiger partial charge in [-0.2, -0.15) is 5.10 Å². The number of carboxylic acids is 1. The van der Waals surface area contributed by atoms with Crippen LogP contribution in [0.4, 0.5) is 10.5 Å². The molecule has 1 heterocycles. The number of aliphatic carboxylic acids is 1. The molecule has 0 atom stereocenters. The Hall–Kier alpha value is -3.03. The molecule has 0 radical (unpaired) electrons. The number of benzene rings is 1. The van der Waals surface area contributed by atoms with Crippen molar-refractivity contribution in [3.8, 4) is 5.75 Å². The van der Waals surface area contributed by atoms with Gasteiger partial charge in [-0.05, 0) is 38.0 Å². The number of ether oxygens (including phenoxy) is 1. The van der Waals surface area contributed by atoms with Crippen molar-refractivity contribution in [1.29, 1.82) is 0 Å². The van der Waals surface area contributed by atoms with E-state index in [2.05, 4.69) is 15.7 Å². The first-order valence-electron chi connectivity index (χ1n) is 8.24. The lowest BCUT2D eigenvalue weighted by Crippen LogP contribution is -2.45. The maximum atomic E-state index is 12.1. The highest BCUT2D eigenvalue weighted by Gasteiger charge is 2.21. The smallest absolute Gasteiger partial charge is 0.319 e. The number of anilines is 1. The Morgan fingerprint density at radius 3 is 2.58 bits per heavy atom. The molecule has 1 aromatic carbocycles. The van der Waals surface area contributed by atoms with E-state index < -0.39 is 17.5 Å². The van der Waals surface area contributed by atoms with Gasteiger partial charge in [0.05, 0.1) is 25.5 Å². The van der Waals surface area contributed by atoms with Crippen LogP contribution >= 0.6 is 0 Å². The average molecular weight is 360 g/mol. The monoisotopic (exact) mass is 360 g/mol. The lowest BCUT2D eigenvalue weighted by molar-refractivity contribution is -0.137. The summed E-state index contributed by atoms with van der Waals surface area (Å²) in [6.07, 6.45) is 3.63. The summed E-state index contributed by atoms with van der Waals surface area (Å²) in [7, 11) is 1.62. The highest BCUT2D eigenvalue weighted by atomic mass is 16.5. The minimum absolute atomic E-state index is 0.00687. The molecule has 140 valence electrons. The van der Waals surface area contributed by atoms with Crippen LogP contribution < -0.4 is 15.4 Å². The Balaban J connectivity index is 1.88. The lowest BCUT2D eigenvalue weighted by atomic mass is 9.99. The molecule has 8 nitrogen and oxygen atoms in total. The fraction of sp³-hybridized carbons (Fsp3) is 0.389. The lowest BCUT2D eigenvalue weighted by Gasteiger charge is -2.25. The Labute approximate surface area is 152 Å². The zero-order chi connectivity index (χ0) is 19.2. The highest BCUT2D eigenvalue weighted by molar-refractivity contribution is 5.89. The predicted molar refractivity (Wildman–Crippen MR) is 97.4 cm³/mol. The van der Waals surface area contributed by atoms with Crippen molar-refractivity contribution in [2.75, 3.05) is 12.4 Å². The zero-order valence-electron chi connectivity index (χ0n) is 15.2. The van der Waals surface area contributed by atoms with Crippen LogP contribution in [-0.2, 0) is 11.3 Å². The molecule has 0 fully saturated rings. The second-order valence-electron chi connectivity index (χ2n) is 6.63. The van der Waals surface area contributed by atoms with E-state index in [0.29, 0.717) is 18.7 Å². The first-order chi connectivity index (χ1) is 12.3. The van der Waals surface area contributed by atoms with Crippen LogP contribution in [0.15, 0.2) is 36.7 Å². The van der Waals surface area contributed by atoms with Crippen LogP contribution in [0, 0.1) is 0 Å².